The van der Waals surface area contributed by atoms with Gasteiger partial charge in [0.05, 0.1) is 21.3 Å². The molecule has 36 heavy (non-hydrogen) atoms. The number of nitrogens with one attached hydrogen (secondary N) is 2. The molecule has 3 rings (SSSR count). The van der Waals surface area contributed by atoms with Gasteiger partial charge in [0, 0.05) is 42.3 Å². The smallest absolute Gasteiger partial charge is 0.248 e. The van der Waals surface area contributed by atoms with Crippen LogP contribution in [-0.2, 0) is 4.79 Å². The van der Waals surface area contributed by atoms with Gasteiger partial charge in [0.25, 0.3) is 0 Å². The first kappa shape index (κ1) is 26.3. The topological polar surface area (TPSA) is 97.8 Å². The van der Waals surface area contributed by atoms with E-state index in [2.05, 4.69) is 39.3 Å². The fraction of sp³-hybridized carbons (Fsp3) is 0.296. The molecule has 2 aromatic carbocycles. The second kappa shape index (κ2) is 12.4. The van der Waals surface area contributed by atoms with E-state index in [4.69, 9.17) is 14.2 Å². The Kier molecular flexibility index (Phi) is 9.10. The summed E-state index contributed by atoms with van der Waals surface area (Å²) in [5.74, 6) is 2.68. The molecule has 0 fully saturated rings. The molecule has 0 aliphatic rings. The molecule has 0 aliphatic heterocycles. The molecule has 190 valence electrons. The Balaban J connectivity index is 1.66. The lowest BCUT2D eigenvalue weighted by molar-refractivity contribution is -0.111. The molecule has 0 bridgehead atoms. The number of hydrogen-bond acceptors (Lipinski definition) is 8. The molecule has 0 saturated carbocycles. The third-order valence-corrected chi connectivity index (χ3v) is 5.45. The van der Waals surface area contributed by atoms with Crippen molar-refractivity contribution in [2.24, 2.45) is 0 Å². The summed E-state index contributed by atoms with van der Waals surface area (Å²) in [7, 11) is 4.64. The van der Waals surface area contributed by atoms with E-state index in [0.29, 0.717) is 28.9 Å². The van der Waals surface area contributed by atoms with Crippen molar-refractivity contribution in [3.8, 4) is 17.2 Å². The van der Waals surface area contributed by atoms with E-state index >= 15 is 0 Å². The summed E-state index contributed by atoms with van der Waals surface area (Å²) in [4.78, 5) is 23.8. The van der Waals surface area contributed by atoms with Crippen molar-refractivity contribution in [2.75, 3.05) is 50.0 Å². The van der Waals surface area contributed by atoms with Gasteiger partial charge in [-0.25, -0.2) is 4.98 Å². The molecule has 0 atom stereocenters. The van der Waals surface area contributed by atoms with Crippen LogP contribution in [0.3, 0.4) is 0 Å². The molecule has 9 heteroatoms. The number of amides is 1. The lowest BCUT2D eigenvalue weighted by Gasteiger charge is -2.20. The highest BCUT2D eigenvalue weighted by atomic mass is 16.5. The van der Waals surface area contributed by atoms with Gasteiger partial charge in [-0.3, -0.25) is 4.79 Å². The molecular formula is C27H33N5O4. The number of carbonyl (C=O) groups is 1. The highest BCUT2D eigenvalue weighted by Crippen LogP contribution is 2.38. The average Bonchev–Trinajstić information content (AvgIpc) is 2.88. The van der Waals surface area contributed by atoms with E-state index in [0.717, 1.165) is 35.9 Å². The maximum atomic E-state index is 12.5. The summed E-state index contributed by atoms with van der Waals surface area (Å²) in [6.07, 6.45) is 3.13. The third kappa shape index (κ3) is 6.65. The van der Waals surface area contributed by atoms with Gasteiger partial charge >= 0.3 is 0 Å². The summed E-state index contributed by atoms with van der Waals surface area (Å²) < 4.78 is 16.0. The molecule has 3 aromatic rings. The zero-order chi connectivity index (χ0) is 26.1. The van der Waals surface area contributed by atoms with Crippen LogP contribution in [0.25, 0.3) is 6.08 Å². The summed E-state index contributed by atoms with van der Waals surface area (Å²) in [5, 5.41) is 6.09. The van der Waals surface area contributed by atoms with Crippen molar-refractivity contribution in [3.63, 3.8) is 0 Å². The Morgan fingerprint density at radius 1 is 0.917 bits per heavy atom. The Morgan fingerprint density at radius 3 is 2.08 bits per heavy atom. The van der Waals surface area contributed by atoms with Crippen LogP contribution in [0.2, 0.25) is 0 Å². The number of benzene rings is 2. The third-order valence-electron chi connectivity index (χ3n) is 5.45. The van der Waals surface area contributed by atoms with Crippen molar-refractivity contribution in [1.82, 2.24) is 9.97 Å². The van der Waals surface area contributed by atoms with E-state index in [1.165, 1.54) is 6.08 Å². The Hall–Kier alpha value is -4.27. The zero-order valence-corrected chi connectivity index (χ0v) is 21.6. The van der Waals surface area contributed by atoms with Gasteiger partial charge in [0.15, 0.2) is 11.5 Å². The van der Waals surface area contributed by atoms with Crippen LogP contribution < -0.4 is 29.7 Å². The van der Waals surface area contributed by atoms with Crippen LogP contribution >= 0.6 is 0 Å². The van der Waals surface area contributed by atoms with Crippen molar-refractivity contribution < 1.29 is 19.0 Å². The molecule has 0 aliphatic carbocycles. The van der Waals surface area contributed by atoms with Gasteiger partial charge in [0.2, 0.25) is 17.6 Å². The van der Waals surface area contributed by atoms with E-state index in [1.807, 2.05) is 37.3 Å². The first-order valence-electron chi connectivity index (χ1n) is 11.7. The Bertz CT molecular complexity index is 1180. The largest absolute Gasteiger partial charge is 0.493 e. The highest BCUT2D eigenvalue weighted by Gasteiger charge is 2.12. The average molecular weight is 492 g/mol. The molecule has 1 heterocycles. The van der Waals surface area contributed by atoms with E-state index in [-0.39, 0.29) is 5.91 Å². The maximum Gasteiger partial charge on any atom is 0.248 e. The van der Waals surface area contributed by atoms with Crippen LogP contribution in [0.4, 0.5) is 23.1 Å². The predicted molar refractivity (Wildman–Crippen MR) is 144 cm³/mol. The highest BCUT2D eigenvalue weighted by molar-refractivity contribution is 6.02. The van der Waals surface area contributed by atoms with Crippen LogP contribution in [0.15, 0.2) is 48.5 Å². The SMILES string of the molecule is CCN(CC)c1cc(C)nc(Nc2ccc(NC(=O)/C=C/c3cc(OC)c(OC)c(OC)c3)cc2)n1. The van der Waals surface area contributed by atoms with Crippen molar-refractivity contribution in [2.45, 2.75) is 20.8 Å². The maximum absolute atomic E-state index is 12.5. The monoisotopic (exact) mass is 491 g/mol. The molecule has 0 spiro atoms. The first-order valence-corrected chi connectivity index (χ1v) is 11.7. The number of carbonyl (C=O) groups excluding carboxylic acids is 1. The van der Waals surface area contributed by atoms with Gasteiger partial charge in [-0.1, -0.05) is 0 Å². The number of aryl methyl sites for hydroxylation is 1. The van der Waals surface area contributed by atoms with Crippen molar-refractivity contribution >= 4 is 35.1 Å². The summed E-state index contributed by atoms with van der Waals surface area (Å²) >= 11 is 0. The minimum Gasteiger partial charge on any atom is -0.493 e. The molecule has 2 N–H and O–H groups in total. The van der Waals surface area contributed by atoms with Crippen LogP contribution in [0, 0.1) is 6.92 Å². The zero-order valence-electron chi connectivity index (χ0n) is 21.6. The summed E-state index contributed by atoms with van der Waals surface area (Å²) in [6.45, 7) is 7.88. The number of hydrogen-bond donors (Lipinski definition) is 2. The molecule has 1 amide bonds. The van der Waals surface area contributed by atoms with E-state index in [9.17, 15) is 4.79 Å². The van der Waals surface area contributed by atoms with Gasteiger partial charge in [-0.2, -0.15) is 4.98 Å². The lowest BCUT2D eigenvalue weighted by atomic mass is 10.1. The number of anilines is 4. The number of methoxy groups -OCH3 is 3. The number of ether oxygens (including phenoxy) is 3. The first-order chi connectivity index (χ1) is 17.4. The second-order valence-corrected chi connectivity index (χ2v) is 7.85. The molecular weight excluding hydrogens is 458 g/mol. The van der Waals surface area contributed by atoms with Crippen LogP contribution in [0.5, 0.6) is 17.2 Å². The van der Waals surface area contributed by atoms with Gasteiger partial charge in [-0.05, 0) is 68.8 Å². The molecule has 0 unspecified atom stereocenters. The normalized spacial score (nSPS) is 10.7. The van der Waals surface area contributed by atoms with Gasteiger partial charge in [-0.15, -0.1) is 0 Å². The quantitative estimate of drug-likeness (QED) is 0.360. The fourth-order valence-electron chi connectivity index (χ4n) is 3.64. The van der Waals surface area contributed by atoms with E-state index < -0.39 is 0 Å². The van der Waals surface area contributed by atoms with Crippen LogP contribution in [-0.4, -0.2) is 50.3 Å². The minimum absolute atomic E-state index is 0.268. The lowest BCUT2D eigenvalue weighted by Crippen LogP contribution is -2.23. The number of aromatic nitrogens is 2. The fourth-order valence-corrected chi connectivity index (χ4v) is 3.64. The second-order valence-electron chi connectivity index (χ2n) is 7.85. The number of nitrogens with zero attached hydrogens (tertiary/aromatic N) is 3. The standard InChI is InChI=1S/C27H33N5O4/c1-7-32(8-2)24-15-18(3)28-27(31-24)30-21-12-10-20(11-13-21)29-25(33)14-9-19-16-22(34-4)26(36-6)23(17-19)35-5/h9-17H,7-8H2,1-6H3,(H,29,33)(H,28,30,31)/b14-9+. The van der Waals surface area contributed by atoms with Gasteiger partial charge < -0.3 is 29.7 Å². The molecule has 1 aromatic heterocycles. The van der Waals surface area contributed by atoms with Gasteiger partial charge in [0.1, 0.15) is 5.82 Å². The summed E-state index contributed by atoms with van der Waals surface area (Å²) in [6, 6.07) is 12.9. The Labute approximate surface area is 212 Å². The van der Waals surface area contributed by atoms with Crippen LogP contribution in [0.1, 0.15) is 25.1 Å². The molecule has 0 radical (unpaired) electrons. The Morgan fingerprint density at radius 2 is 1.53 bits per heavy atom. The number of rotatable bonds is 11. The minimum atomic E-state index is -0.268. The summed E-state index contributed by atoms with van der Waals surface area (Å²) in [5.41, 5.74) is 3.10. The predicted octanol–water partition coefficient (Wildman–Crippen LogP) is 5.05. The van der Waals surface area contributed by atoms with E-state index in [1.54, 1.807) is 39.5 Å². The van der Waals surface area contributed by atoms with Crippen molar-refractivity contribution in [3.05, 3.63) is 59.8 Å². The van der Waals surface area contributed by atoms with Crippen molar-refractivity contribution in [1.29, 1.82) is 0 Å². The molecule has 0 saturated heterocycles. The molecule has 9 nitrogen and oxygen atoms in total.